The van der Waals surface area contributed by atoms with Crippen LogP contribution in [0.2, 0.25) is 0 Å². The van der Waals surface area contributed by atoms with Crippen molar-refractivity contribution in [1.82, 2.24) is 20.0 Å². The van der Waals surface area contributed by atoms with E-state index in [2.05, 4.69) is 36.1 Å². The second kappa shape index (κ2) is 10.5. The number of aromatic nitrogens is 2. The number of rotatable bonds is 8. The van der Waals surface area contributed by atoms with Gasteiger partial charge in [-0.05, 0) is 31.6 Å². The SMILES string of the molecule is CCNC(=NCC(CCO)CC(C)C)N1CCOC(c2cnn(C)c2)C1. The minimum atomic E-state index is 0.0187. The first-order chi connectivity index (χ1) is 12.5. The summed E-state index contributed by atoms with van der Waals surface area (Å²) >= 11 is 0. The van der Waals surface area contributed by atoms with Crippen LogP contribution in [0, 0.1) is 11.8 Å². The smallest absolute Gasteiger partial charge is 0.194 e. The molecule has 0 amide bonds. The summed E-state index contributed by atoms with van der Waals surface area (Å²) in [6.45, 7) is 10.6. The Bertz CT molecular complexity index is 558. The van der Waals surface area contributed by atoms with E-state index in [4.69, 9.17) is 9.73 Å². The molecular formula is C19H35N5O2. The molecule has 1 saturated heterocycles. The topological polar surface area (TPSA) is 74.9 Å². The Morgan fingerprint density at radius 2 is 2.31 bits per heavy atom. The third-order valence-electron chi connectivity index (χ3n) is 4.64. The normalized spacial score (nSPS) is 19.8. The number of nitrogens with one attached hydrogen (secondary N) is 1. The van der Waals surface area contributed by atoms with Crippen LogP contribution in [0.3, 0.4) is 0 Å². The molecule has 0 bridgehead atoms. The van der Waals surface area contributed by atoms with Crippen molar-refractivity contribution in [3.63, 3.8) is 0 Å². The van der Waals surface area contributed by atoms with Gasteiger partial charge in [0, 0.05) is 45.0 Å². The van der Waals surface area contributed by atoms with E-state index in [9.17, 15) is 5.11 Å². The summed E-state index contributed by atoms with van der Waals surface area (Å²) in [5, 5.41) is 17.0. The molecular weight excluding hydrogens is 330 g/mol. The van der Waals surface area contributed by atoms with E-state index in [1.165, 1.54) is 0 Å². The lowest BCUT2D eigenvalue weighted by Crippen LogP contribution is -2.48. The Kier molecular flexibility index (Phi) is 8.38. The third kappa shape index (κ3) is 6.29. The van der Waals surface area contributed by atoms with Gasteiger partial charge in [-0.3, -0.25) is 9.67 Å². The summed E-state index contributed by atoms with van der Waals surface area (Å²) in [5.41, 5.74) is 1.10. The van der Waals surface area contributed by atoms with Crippen molar-refractivity contribution in [3.8, 4) is 0 Å². The largest absolute Gasteiger partial charge is 0.396 e. The van der Waals surface area contributed by atoms with E-state index in [1.807, 2.05) is 24.1 Å². The van der Waals surface area contributed by atoms with Gasteiger partial charge in [0.2, 0.25) is 0 Å². The maximum absolute atomic E-state index is 9.33. The maximum atomic E-state index is 9.33. The van der Waals surface area contributed by atoms with Crippen molar-refractivity contribution < 1.29 is 9.84 Å². The Labute approximate surface area is 157 Å². The molecule has 2 unspecified atom stereocenters. The number of aliphatic hydroxyl groups is 1. The van der Waals surface area contributed by atoms with Crippen LogP contribution in [-0.4, -0.2) is 65.1 Å². The molecule has 1 aromatic rings. The molecule has 2 N–H and O–H groups in total. The number of nitrogens with zero attached hydrogens (tertiary/aromatic N) is 4. The Balaban J connectivity index is 2.04. The summed E-state index contributed by atoms with van der Waals surface area (Å²) < 4.78 is 7.75. The van der Waals surface area contributed by atoms with Gasteiger partial charge in [-0.1, -0.05) is 13.8 Å². The van der Waals surface area contributed by atoms with Crippen molar-refractivity contribution in [3.05, 3.63) is 18.0 Å². The highest BCUT2D eigenvalue weighted by Gasteiger charge is 2.25. The Morgan fingerprint density at radius 3 is 2.92 bits per heavy atom. The van der Waals surface area contributed by atoms with Crippen molar-refractivity contribution in [2.24, 2.45) is 23.9 Å². The highest BCUT2D eigenvalue weighted by Crippen LogP contribution is 2.22. The lowest BCUT2D eigenvalue weighted by molar-refractivity contribution is -0.00807. The highest BCUT2D eigenvalue weighted by molar-refractivity contribution is 5.80. The molecule has 2 rings (SSSR count). The monoisotopic (exact) mass is 365 g/mol. The summed E-state index contributed by atoms with van der Waals surface area (Å²) in [6, 6.07) is 0. The average molecular weight is 366 g/mol. The van der Waals surface area contributed by atoms with Gasteiger partial charge in [-0.15, -0.1) is 0 Å². The number of aliphatic hydroxyl groups excluding tert-OH is 1. The summed E-state index contributed by atoms with van der Waals surface area (Å²) in [4.78, 5) is 7.16. The highest BCUT2D eigenvalue weighted by atomic mass is 16.5. The molecule has 1 aromatic heterocycles. The van der Waals surface area contributed by atoms with Gasteiger partial charge in [0.1, 0.15) is 6.10 Å². The fraction of sp³-hybridized carbons (Fsp3) is 0.789. The first-order valence-corrected chi connectivity index (χ1v) is 9.77. The van der Waals surface area contributed by atoms with Crippen molar-refractivity contribution in [1.29, 1.82) is 0 Å². The van der Waals surface area contributed by atoms with Gasteiger partial charge in [0.05, 0.1) is 19.3 Å². The molecule has 0 aliphatic carbocycles. The second-order valence-corrected chi connectivity index (χ2v) is 7.46. The molecule has 0 aromatic carbocycles. The maximum Gasteiger partial charge on any atom is 0.194 e. The minimum Gasteiger partial charge on any atom is -0.396 e. The predicted octanol–water partition coefficient (Wildman–Crippen LogP) is 1.80. The second-order valence-electron chi connectivity index (χ2n) is 7.46. The summed E-state index contributed by atoms with van der Waals surface area (Å²) in [7, 11) is 1.92. The molecule has 7 nitrogen and oxygen atoms in total. The number of aryl methyl sites for hydroxylation is 1. The van der Waals surface area contributed by atoms with E-state index in [0.29, 0.717) is 18.4 Å². The van der Waals surface area contributed by atoms with Gasteiger partial charge < -0.3 is 20.1 Å². The molecule has 1 aliphatic heterocycles. The predicted molar refractivity (Wildman–Crippen MR) is 104 cm³/mol. The van der Waals surface area contributed by atoms with Gasteiger partial charge >= 0.3 is 0 Å². The fourth-order valence-corrected chi connectivity index (χ4v) is 3.42. The molecule has 0 spiro atoms. The summed E-state index contributed by atoms with van der Waals surface area (Å²) in [5.74, 6) is 1.97. The van der Waals surface area contributed by atoms with Crippen LogP contribution in [0.5, 0.6) is 0 Å². The van der Waals surface area contributed by atoms with E-state index in [0.717, 1.165) is 50.5 Å². The van der Waals surface area contributed by atoms with Gasteiger partial charge in [0.15, 0.2) is 5.96 Å². The zero-order valence-corrected chi connectivity index (χ0v) is 16.7. The van der Waals surface area contributed by atoms with Crippen LogP contribution >= 0.6 is 0 Å². The molecule has 0 saturated carbocycles. The molecule has 2 atom stereocenters. The van der Waals surface area contributed by atoms with Crippen LogP contribution in [0.1, 0.15) is 45.3 Å². The zero-order valence-electron chi connectivity index (χ0n) is 16.7. The van der Waals surface area contributed by atoms with Crippen LogP contribution in [0.25, 0.3) is 0 Å². The average Bonchev–Trinajstić information content (AvgIpc) is 3.05. The first kappa shape index (κ1) is 20.7. The number of ether oxygens (including phenoxy) is 1. The quantitative estimate of drug-likeness (QED) is 0.543. The third-order valence-corrected chi connectivity index (χ3v) is 4.64. The van der Waals surface area contributed by atoms with Gasteiger partial charge in [0.25, 0.3) is 0 Å². The van der Waals surface area contributed by atoms with Crippen LogP contribution < -0.4 is 5.32 Å². The van der Waals surface area contributed by atoms with E-state index >= 15 is 0 Å². The molecule has 0 radical (unpaired) electrons. The van der Waals surface area contributed by atoms with Gasteiger partial charge in [-0.25, -0.2) is 0 Å². The summed E-state index contributed by atoms with van der Waals surface area (Å²) in [6.07, 6.45) is 5.80. The number of hydrogen-bond donors (Lipinski definition) is 2. The van der Waals surface area contributed by atoms with Crippen LogP contribution in [0.15, 0.2) is 17.4 Å². The first-order valence-electron chi connectivity index (χ1n) is 9.77. The van der Waals surface area contributed by atoms with Gasteiger partial charge in [-0.2, -0.15) is 5.10 Å². The molecule has 26 heavy (non-hydrogen) atoms. The number of guanidine groups is 1. The lowest BCUT2D eigenvalue weighted by atomic mass is 9.94. The molecule has 1 aliphatic rings. The molecule has 148 valence electrons. The van der Waals surface area contributed by atoms with E-state index < -0.39 is 0 Å². The van der Waals surface area contributed by atoms with Crippen LogP contribution in [-0.2, 0) is 11.8 Å². The standard InChI is InChI=1S/C19H35N5O2/c1-5-20-19(21-11-16(6-8-25)10-15(2)3)24-7-9-26-18(14-24)17-12-22-23(4)13-17/h12-13,15-16,18,25H,5-11,14H2,1-4H3,(H,20,21). The number of hydrogen-bond acceptors (Lipinski definition) is 4. The minimum absolute atomic E-state index is 0.0187. The van der Waals surface area contributed by atoms with Crippen molar-refractivity contribution >= 4 is 5.96 Å². The molecule has 7 heteroatoms. The Hall–Kier alpha value is -1.60. The van der Waals surface area contributed by atoms with Crippen LogP contribution in [0.4, 0.5) is 0 Å². The number of morpholine rings is 1. The lowest BCUT2D eigenvalue weighted by Gasteiger charge is -2.35. The Morgan fingerprint density at radius 1 is 1.50 bits per heavy atom. The fourth-order valence-electron chi connectivity index (χ4n) is 3.42. The molecule has 2 heterocycles. The zero-order chi connectivity index (χ0) is 18.9. The number of aliphatic imine (C=N–C) groups is 1. The van der Waals surface area contributed by atoms with Crippen molar-refractivity contribution in [2.75, 3.05) is 39.4 Å². The molecule has 1 fully saturated rings. The van der Waals surface area contributed by atoms with E-state index in [-0.39, 0.29) is 12.7 Å². The van der Waals surface area contributed by atoms with E-state index in [1.54, 1.807) is 0 Å². The van der Waals surface area contributed by atoms with Crippen molar-refractivity contribution in [2.45, 2.75) is 39.7 Å².